The van der Waals surface area contributed by atoms with Crippen molar-refractivity contribution in [1.82, 2.24) is 15.0 Å². The standard InChI is InChI=1S/C18H22BrN3O3/c1-18(2,3)24-17(23)22-10-8-12(9-11-22)16-20-15(21-25-16)13-6-4-5-7-14(13)19/h4-7,12H,8-11H2,1-3H3. The Morgan fingerprint density at radius 2 is 1.96 bits per heavy atom. The third-order valence-corrected chi connectivity index (χ3v) is 4.74. The second-order valence-corrected chi connectivity index (χ2v) is 8.03. The van der Waals surface area contributed by atoms with E-state index in [1.807, 2.05) is 45.0 Å². The summed E-state index contributed by atoms with van der Waals surface area (Å²) in [5.41, 5.74) is 0.432. The van der Waals surface area contributed by atoms with Crippen LogP contribution in [0.1, 0.15) is 45.4 Å². The van der Waals surface area contributed by atoms with Gasteiger partial charge in [-0.05, 0) is 45.7 Å². The summed E-state index contributed by atoms with van der Waals surface area (Å²) in [6.07, 6.45) is 1.32. The molecular formula is C18H22BrN3O3. The summed E-state index contributed by atoms with van der Waals surface area (Å²) in [6, 6.07) is 7.78. The molecule has 1 fully saturated rings. The molecule has 0 radical (unpaired) electrons. The average molecular weight is 408 g/mol. The van der Waals surface area contributed by atoms with Gasteiger partial charge in [-0.3, -0.25) is 0 Å². The first kappa shape index (κ1) is 17.9. The van der Waals surface area contributed by atoms with E-state index in [0.29, 0.717) is 24.8 Å². The minimum Gasteiger partial charge on any atom is -0.444 e. The summed E-state index contributed by atoms with van der Waals surface area (Å²) in [5.74, 6) is 1.38. The molecule has 1 amide bonds. The SMILES string of the molecule is CC(C)(C)OC(=O)N1CCC(c2nc(-c3ccccc3Br)no2)CC1. The molecule has 6 nitrogen and oxygen atoms in total. The lowest BCUT2D eigenvalue weighted by Gasteiger charge is -2.32. The van der Waals surface area contributed by atoms with Crippen LogP contribution in [0.2, 0.25) is 0 Å². The van der Waals surface area contributed by atoms with Crippen LogP contribution in [0, 0.1) is 0 Å². The Morgan fingerprint density at radius 3 is 2.60 bits per heavy atom. The highest BCUT2D eigenvalue weighted by Gasteiger charge is 2.30. The number of benzene rings is 1. The number of piperidine rings is 1. The molecule has 0 unspecified atom stereocenters. The minimum absolute atomic E-state index is 0.169. The molecule has 0 bridgehead atoms. The number of likely N-dealkylation sites (tertiary alicyclic amines) is 1. The summed E-state index contributed by atoms with van der Waals surface area (Å²) < 4.78 is 11.8. The molecule has 0 saturated carbocycles. The van der Waals surface area contributed by atoms with Crippen molar-refractivity contribution in [2.75, 3.05) is 13.1 Å². The first-order valence-electron chi connectivity index (χ1n) is 8.40. The molecule has 2 heterocycles. The Morgan fingerprint density at radius 1 is 1.28 bits per heavy atom. The molecule has 3 rings (SSSR count). The van der Waals surface area contributed by atoms with E-state index in [9.17, 15) is 4.79 Å². The van der Waals surface area contributed by atoms with Gasteiger partial charge < -0.3 is 14.2 Å². The van der Waals surface area contributed by atoms with Gasteiger partial charge >= 0.3 is 6.09 Å². The fourth-order valence-electron chi connectivity index (χ4n) is 2.79. The zero-order chi connectivity index (χ0) is 18.0. The number of ether oxygens (including phenoxy) is 1. The van der Waals surface area contributed by atoms with E-state index in [4.69, 9.17) is 9.26 Å². The molecular weight excluding hydrogens is 386 g/mol. The maximum absolute atomic E-state index is 12.1. The van der Waals surface area contributed by atoms with Crippen LogP contribution in [-0.2, 0) is 4.74 Å². The third-order valence-electron chi connectivity index (χ3n) is 4.05. The summed E-state index contributed by atoms with van der Waals surface area (Å²) in [5, 5.41) is 4.10. The van der Waals surface area contributed by atoms with E-state index in [2.05, 4.69) is 26.1 Å². The molecule has 2 aromatic rings. The molecule has 134 valence electrons. The van der Waals surface area contributed by atoms with Crippen LogP contribution in [-0.4, -0.2) is 39.8 Å². The zero-order valence-corrected chi connectivity index (χ0v) is 16.2. The van der Waals surface area contributed by atoms with E-state index < -0.39 is 5.60 Å². The average Bonchev–Trinajstić information content (AvgIpc) is 3.03. The topological polar surface area (TPSA) is 68.5 Å². The number of nitrogens with zero attached hydrogens (tertiary/aromatic N) is 3. The second kappa shape index (κ2) is 7.15. The van der Waals surface area contributed by atoms with Crippen LogP contribution < -0.4 is 0 Å². The van der Waals surface area contributed by atoms with Gasteiger partial charge in [-0.2, -0.15) is 4.98 Å². The lowest BCUT2D eigenvalue weighted by atomic mass is 9.97. The lowest BCUT2D eigenvalue weighted by Crippen LogP contribution is -2.41. The number of hydrogen-bond donors (Lipinski definition) is 0. The van der Waals surface area contributed by atoms with Crippen molar-refractivity contribution >= 4 is 22.0 Å². The Balaban J connectivity index is 1.63. The fraction of sp³-hybridized carbons (Fsp3) is 0.500. The summed E-state index contributed by atoms with van der Waals surface area (Å²) in [6.45, 7) is 6.89. The van der Waals surface area contributed by atoms with E-state index in [1.165, 1.54) is 0 Å². The molecule has 0 atom stereocenters. The van der Waals surface area contributed by atoms with Gasteiger partial charge in [0.2, 0.25) is 11.7 Å². The van der Waals surface area contributed by atoms with Crippen molar-refractivity contribution in [3.05, 3.63) is 34.6 Å². The number of amides is 1. The predicted molar refractivity (Wildman–Crippen MR) is 97.2 cm³/mol. The van der Waals surface area contributed by atoms with Crippen LogP contribution in [0.5, 0.6) is 0 Å². The maximum Gasteiger partial charge on any atom is 0.410 e. The van der Waals surface area contributed by atoms with Crippen molar-refractivity contribution < 1.29 is 14.1 Å². The zero-order valence-electron chi connectivity index (χ0n) is 14.7. The van der Waals surface area contributed by atoms with Gasteiger partial charge in [-0.1, -0.05) is 33.2 Å². The van der Waals surface area contributed by atoms with E-state index in [0.717, 1.165) is 22.9 Å². The predicted octanol–water partition coefficient (Wildman–Crippen LogP) is 4.61. The minimum atomic E-state index is -0.474. The van der Waals surface area contributed by atoms with Gasteiger partial charge in [0.1, 0.15) is 5.60 Å². The quantitative estimate of drug-likeness (QED) is 0.726. The lowest BCUT2D eigenvalue weighted by molar-refractivity contribution is 0.0198. The normalized spacial score (nSPS) is 16.1. The van der Waals surface area contributed by atoms with E-state index >= 15 is 0 Å². The molecule has 1 aliphatic heterocycles. The monoisotopic (exact) mass is 407 g/mol. The highest BCUT2D eigenvalue weighted by atomic mass is 79.9. The Labute approximate surface area is 155 Å². The number of hydrogen-bond acceptors (Lipinski definition) is 5. The molecule has 25 heavy (non-hydrogen) atoms. The van der Waals surface area contributed by atoms with Crippen LogP contribution >= 0.6 is 15.9 Å². The Kier molecular flexibility index (Phi) is 5.13. The molecule has 1 aliphatic rings. The van der Waals surface area contributed by atoms with Crippen LogP contribution in [0.4, 0.5) is 4.79 Å². The van der Waals surface area contributed by atoms with Gasteiger partial charge in [0.05, 0.1) is 0 Å². The van der Waals surface area contributed by atoms with E-state index in [-0.39, 0.29) is 12.0 Å². The molecule has 0 aliphatic carbocycles. The first-order chi connectivity index (χ1) is 11.8. The van der Waals surface area contributed by atoms with Gasteiger partial charge in [0, 0.05) is 29.0 Å². The molecule has 0 N–H and O–H groups in total. The number of aromatic nitrogens is 2. The maximum atomic E-state index is 12.1. The van der Waals surface area contributed by atoms with Crippen LogP contribution in [0.25, 0.3) is 11.4 Å². The van der Waals surface area contributed by atoms with Crippen molar-refractivity contribution in [3.63, 3.8) is 0 Å². The van der Waals surface area contributed by atoms with Crippen molar-refractivity contribution in [1.29, 1.82) is 0 Å². The number of carbonyl (C=O) groups excluding carboxylic acids is 1. The number of rotatable bonds is 2. The Hall–Kier alpha value is -1.89. The van der Waals surface area contributed by atoms with Gasteiger partial charge in [0.25, 0.3) is 0 Å². The Bertz CT molecular complexity index is 746. The number of halogens is 1. The van der Waals surface area contributed by atoms with Gasteiger partial charge in [0.15, 0.2) is 0 Å². The smallest absolute Gasteiger partial charge is 0.410 e. The molecule has 1 aromatic carbocycles. The molecule has 1 saturated heterocycles. The number of carbonyl (C=O) groups is 1. The first-order valence-corrected chi connectivity index (χ1v) is 9.19. The molecule has 0 spiro atoms. The summed E-state index contributed by atoms with van der Waals surface area (Å²) >= 11 is 3.51. The highest BCUT2D eigenvalue weighted by Crippen LogP contribution is 2.31. The van der Waals surface area contributed by atoms with Crippen molar-refractivity contribution in [2.45, 2.75) is 45.1 Å². The van der Waals surface area contributed by atoms with E-state index in [1.54, 1.807) is 4.90 Å². The van der Waals surface area contributed by atoms with Crippen LogP contribution in [0.15, 0.2) is 33.3 Å². The van der Waals surface area contributed by atoms with Gasteiger partial charge in [-0.25, -0.2) is 4.79 Å². The fourth-order valence-corrected chi connectivity index (χ4v) is 3.25. The molecule has 7 heteroatoms. The largest absolute Gasteiger partial charge is 0.444 e. The van der Waals surface area contributed by atoms with Gasteiger partial charge in [-0.15, -0.1) is 0 Å². The van der Waals surface area contributed by atoms with Crippen molar-refractivity contribution in [3.8, 4) is 11.4 Å². The second-order valence-electron chi connectivity index (χ2n) is 7.18. The summed E-state index contributed by atoms with van der Waals surface area (Å²) in [7, 11) is 0. The molecule has 1 aromatic heterocycles. The van der Waals surface area contributed by atoms with Crippen LogP contribution in [0.3, 0.4) is 0 Å². The third kappa shape index (κ3) is 4.39. The summed E-state index contributed by atoms with van der Waals surface area (Å²) in [4.78, 5) is 18.4. The highest BCUT2D eigenvalue weighted by molar-refractivity contribution is 9.10. The van der Waals surface area contributed by atoms with Crippen molar-refractivity contribution in [2.24, 2.45) is 0 Å².